The van der Waals surface area contributed by atoms with E-state index in [0.717, 1.165) is 12.2 Å². The Morgan fingerprint density at radius 2 is 1.58 bits per heavy atom. The van der Waals surface area contributed by atoms with Gasteiger partial charge in [0.2, 0.25) is 5.95 Å². The van der Waals surface area contributed by atoms with E-state index in [1.807, 2.05) is 6.92 Å². The number of nitrogens with zero attached hydrogens (tertiary/aromatic N) is 5. The fourth-order valence-corrected chi connectivity index (χ4v) is 7.25. The van der Waals surface area contributed by atoms with Crippen molar-refractivity contribution in [2.45, 2.75) is 88.6 Å². The van der Waals surface area contributed by atoms with Crippen molar-refractivity contribution in [3.63, 3.8) is 0 Å². The summed E-state index contributed by atoms with van der Waals surface area (Å²) in [5, 5.41) is 9.06. The van der Waals surface area contributed by atoms with Crippen LogP contribution in [0.5, 0.6) is 0 Å². The maximum absolute atomic E-state index is 14.2. The number of amides is 1. The third-order valence-corrected chi connectivity index (χ3v) is 9.84. The third-order valence-electron chi connectivity index (χ3n) is 9.84. The van der Waals surface area contributed by atoms with Gasteiger partial charge in [-0.2, -0.15) is 39.5 Å². The molecular weight excluding hydrogens is 713 g/mol. The number of rotatable bonds is 10. The second-order valence-electron chi connectivity index (χ2n) is 13.1. The van der Waals surface area contributed by atoms with Crippen LogP contribution in [0.25, 0.3) is 0 Å². The molecular formula is C34H36F9N5O4. The number of carboxylic acid groups (broad SMARTS) is 1. The number of alkyl halides is 9. The summed E-state index contributed by atoms with van der Waals surface area (Å²) in [6, 6.07) is -1.05. The third kappa shape index (κ3) is 7.94. The Morgan fingerprint density at radius 3 is 2.08 bits per heavy atom. The van der Waals surface area contributed by atoms with Crippen LogP contribution in [0, 0.1) is 5.92 Å². The van der Waals surface area contributed by atoms with Crippen LogP contribution in [-0.2, 0) is 28.4 Å². The highest BCUT2D eigenvalue weighted by atomic mass is 19.4. The Balaban J connectivity index is 1.69. The van der Waals surface area contributed by atoms with Gasteiger partial charge in [0.05, 0.1) is 65.4 Å². The van der Waals surface area contributed by atoms with Gasteiger partial charge in [-0.05, 0) is 67.5 Å². The average Bonchev–Trinajstić information content (AvgIpc) is 3.76. The van der Waals surface area contributed by atoms with Gasteiger partial charge in [0, 0.05) is 20.1 Å². The number of carbonyl (C=O) groups is 2. The fraction of sp³-hybridized carbons (Fsp3) is 0.529. The van der Waals surface area contributed by atoms with Crippen LogP contribution in [0.1, 0.15) is 62.6 Å². The minimum Gasteiger partial charge on any atom is -0.481 e. The molecule has 0 bridgehead atoms. The average molecular weight is 750 g/mol. The molecule has 1 aromatic heterocycles. The quantitative estimate of drug-likeness (QED) is 0.244. The van der Waals surface area contributed by atoms with Crippen LogP contribution in [0.4, 0.5) is 55.9 Å². The van der Waals surface area contributed by atoms with Gasteiger partial charge in [-0.15, -0.1) is 0 Å². The van der Waals surface area contributed by atoms with Crippen molar-refractivity contribution in [1.29, 1.82) is 0 Å². The Labute approximate surface area is 292 Å². The number of carboxylic acids is 1. The van der Waals surface area contributed by atoms with Crippen molar-refractivity contribution in [1.82, 2.24) is 14.9 Å². The maximum atomic E-state index is 14.2. The fourth-order valence-electron chi connectivity index (χ4n) is 7.25. The van der Waals surface area contributed by atoms with Crippen molar-refractivity contribution in [3.05, 3.63) is 70.6 Å². The molecule has 3 aliphatic rings. The van der Waals surface area contributed by atoms with E-state index in [1.165, 1.54) is 27.1 Å². The number of aromatic nitrogens is 2. The summed E-state index contributed by atoms with van der Waals surface area (Å²) in [5.41, 5.74) is -5.22. The molecule has 18 heteroatoms. The van der Waals surface area contributed by atoms with Gasteiger partial charge in [0.25, 0.3) is 0 Å². The summed E-state index contributed by atoms with van der Waals surface area (Å²) in [7, 11) is 1.55. The maximum Gasteiger partial charge on any atom is 0.416 e. The lowest BCUT2D eigenvalue weighted by molar-refractivity contribution is -0.143. The van der Waals surface area contributed by atoms with Crippen LogP contribution in [0.2, 0.25) is 0 Å². The molecule has 2 aliphatic carbocycles. The van der Waals surface area contributed by atoms with Gasteiger partial charge >= 0.3 is 30.6 Å². The molecule has 0 radical (unpaired) electrons. The van der Waals surface area contributed by atoms with Gasteiger partial charge in [0.1, 0.15) is 0 Å². The summed E-state index contributed by atoms with van der Waals surface area (Å²) in [6.45, 7) is 2.78. The molecule has 9 nitrogen and oxygen atoms in total. The topological polar surface area (TPSA) is 99.1 Å². The number of ether oxygens (including phenoxy) is 1. The van der Waals surface area contributed by atoms with Gasteiger partial charge in [-0.3, -0.25) is 9.69 Å². The number of halogens is 9. The van der Waals surface area contributed by atoms with Crippen LogP contribution in [0.15, 0.2) is 53.9 Å². The summed E-state index contributed by atoms with van der Waals surface area (Å²) >= 11 is 0. The molecule has 5 rings (SSSR count). The molecule has 1 aliphatic heterocycles. The van der Waals surface area contributed by atoms with Crippen molar-refractivity contribution in [2.24, 2.45) is 5.92 Å². The first kappa shape index (κ1) is 38.7. The number of fused-ring (bicyclic) bond motifs is 1. The summed E-state index contributed by atoms with van der Waals surface area (Å²) in [5.74, 6) is -1.43. The first-order valence-corrected chi connectivity index (χ1v) is 16.4. The number of piperidine rings is 1. The monoisotopic (exact) mass is 749 g/mol. The Morgan fingerprint density at radius 1 is 0.962 bits per heavy atom. The van der Waals surface area contributed by atoms with Crippen molar-refractivity contribution in [2.75, 3.05) is 30.0 Å². The van der Waals surface area contributed by atoms with Crippen molar-refractivity contribution >= 4 is 23.7 Å². The Kier molecular flexibility index (Phi) is 10.5. The highest BCUT2D eigenvalue weighted by Crippen LogP contribution is 2.60. The Hall–Kier alpha value is -4.51. The standard InChI is InChI=1S/C34H36F9N5O4/c1-4-20-14-31(20)15-27(25-13-21(32(35,36)37)6-7-26(25)48(31)30(51)52-5-2)47(29-44-16-24(17-45-29)46(3)9-8-28(49)50)18-19-10-22(33(38,39)40)12-23(11-19)34(41,42)43/h6,10-13,16-17,20,26-27H,4-5,7-9,14-15,18H2,1-3H3,(H,49,50)/t20-,26?,27-,31?/m0/s1. The second-order valence-corrected chi connectivity index (χ2v) is 13.1. The van der Waals surface area contributed by atoms with Crippen LogP contribution >= 0.6 is 0 Å². The largest absolute Gasteiger partial charge is 0.481 e. The highest BCUT2D eigenvalue weighted by molar-refractivity contribution is 5.72. The highest BCUT2D eigenvalue weighted by Gasteiger charge is 2.65. The minimum atomic E-state index is -5.17. The second kappa shape index (κ2) is 14.1. The van der Waals surface area contributed by atoms with Gasteiger partial charge < -0.3 is 19.6 Å². The van der Waals surface area contributed by atoms with E-state index in [-0.39, 0.29) is 55.9 Å². The molecule has 2 fully saturated rings. The summed E-state index contributed by atoms with van der Waals surface area (Å²) < 4.78 is 131. The minimum absolute atomic E-state index is 0.0188. The van der Waals surface area contributed by atoms with E-state index in [0.29, 0.717) is 30.7 Å². The number of anilines is 2. The van der Waals surface area contributed by atoms with Crippen molar-refractivity contribution < 1.29 is 58.9 Å². The molecule has 2 aromatic rings. The van der Waals surface area contributed by atoms with Crippen LogP contribution in [0.3, 0.4) is 0 Å². The Bertz CT molecular complexity index is 1690. The molecule has 2 heterocycles. The molecule has 284 valence electrons. The SMILES string of the molecule is CCOC(=O)N1C2CC=C(C(F)(F)F)C=C2[C@@H](N(Cc2cc(C(F)(F)F)cc(C(F)(F)F)c2)c2ncc(N(C)CCC(=O)O)cn2)CC12C[C@@H]2CC. The van der Waals surface area contributed by atoms with Crippen LogP contribution < -0.4 is 9.80 Å². The van der Waals surface area contributed by atoms with E-state index in [4.69, 9.17) is 9.84 Å². The van der Waals surface area contributed by atoms with Gasteiger partial charge in [-0.1, -0.05) is 19.4 Å². The normalized spacial score (nSPS) is 23.1. The number of hydrogen-bond donors (Lipinski definition) is 1. The molecule has 1 amide bonds. The molecule has 52 heavy (non-hydrogen) atoms. The first-order valence-electron chi connectivity index (χ1n) is 16.4. The number of allylic oxidation sites excluding steroid dienone is 2. The molecule has 4 atom stereocenters. The molecule has 1 saturated heterocycles. The molecule has 1 aromatic carbocycles. The van der Waals surface area contributed by atoms with Crippen molar-refractivity contribution in [3.8, 4) is 0 Å². The lowest BCUT2D eigenvalue weighted by Crippen LogP contribution is -2.61. The van der Waals surface area contributed by atoms with E-state index in [9.17, 15) is 49.1 Å². The zero-order valence-corrected chi connectivity index (χ0v) is 28.2. The molecule has 2 unspecified atom stereocenters. The number of likely N-dealkylation sites (tertiary alicyclic amines) is 1. The smallest absolute Gasteiger partial charge is 0.416 e. The summed E-state index contributed by atoms with van der Waals surface area (Å²) in [6.07, 6.45) is -11.1. The number of benzene rings is 1. The number of aliphatic carboxylic acids is 1. The number of hydrogen-bond acceptors (Lipinski definition) is 7. The van der Waals surface area contributed by atoms with Crippen LogP contribution in [-0.4, -0.2) is 76.0 Å². The number of carbonyl (C=O) groups excluding carboxylic acids is 1. The first-order chi connectivity index (χ1) is 24.2. The summed E-state index contributed by atoms with van der Waals surface area (Å²) in [4.78, 5) is 37.5. The predicted molar refractivity (Wildman–Crippen MR) is 169 cm³/mol. The molecule has 1 N–H and O–H groups in total. The molecule has 1 spiro atoms. The lowest BCUT2D eigenvalue weighted by atomic mass is 9.78. The van der Waals surface area contributed by atoms with E-state index < -0.39 is 77.0 Å². The van der Waals surface area contributed by atoms with Gasteiger partial charge in [-0.25, -0.2) is 14.8 Å². The predicted octanol–water partition coefficient (Wildman–Crippen LogP) is 8.02. The van der Waals surface area contributed by atoms with E-state index in [1.54, 1.807) is 14.0 Å². The zero-order valence-electron chi connectivity index (χ0n) is 28.2. The van der Waals surface area contributed by atoms with E-state index >= 15 is 0 Å². The lowest BCUT2D eigenvalue weighted by Gasteiger charge is -2.51. The molecule has 1 saturated carbocycles. The van der Waals surface area contributed by atoms with Gasteiger partial charge in [0.15, 0.2) is 0 Å². The zero-order chi connectivity index (χ0) is 38.4. The van der Waals surface area contributed by atoms with E-state index in [2.05, 4.69) is 9.97 Å².